The number of fused-ring (bicyclic) bond motifs is 1. The van der Waals surface area contributed by atoms with Gasteiger partial charge in [-0.3, -0.25) is 4.79 Å². The van der Waals surface area contributed by atoms with E-state index in [1.54, 1.807) is 6.07 Å². The predicted octanol–water partition coefficient (Wildman–Crippen LogP) is 1.37. The largest absolute Gasteiger partial charge is 0.493 e. The number of carbonyl (C=O) groups is 1. The molecule has 0 bridgehead atoms. The molecule has 0 aliphatic carbocycles. The molecule has 1 atom stereocenters. The molecule has 0 fully saturated rings. The van der Waals surface area contributed by atoms with E-state index in [0.29, 0.717) is 12.2 Å². The van der Waals surface area contributed by atoms with Gasteiger partial charge in [-0.25, -0.2) is 0 Å². The van der Waals surface area contributed by atoms with Gasteiger partial charge in [0.05, 0.1) is 19.3 Å². The number of hydrogen-bond acceptors (Lipinski definition) is 3. The van der Waals surface area contributed by atoms with E-state index < -0.39 is 0 Å². The maximum atomic E-state index is 12.1. The van der Waals surface area contributed by atoms with Crippen molar-refractivity contribution in [3.8, 4) is 5.75 Å². The molecule has 1 aliphatic rings. The molecule has 1 amide bonds. The number of benzene rings is 1. The van der Waals surface area contributed by atoms with Gasteiger partial charge < -0.3 is 15.2 Å². The summed E-state index contributed by atoms with van der Waals surface area (Å²) >= 11 is 0. The minimum Gasteiger partial charge on any atom is -0.493 e. The summed E-state index contributed by atoms with van der Waals surface area (Å²) in [6, 6.07) is 5.25. The van der Waals surface area contributed by atoms with Crippen molar-refractivity contribution in [2.75, 3.05) is 13.2 Å². The van der Waals surface area contributed by atoms with E-state index in [-0.39, 0.29) is 24.5 Å². The van der Waals surface area contributed by atoms with E-state index in [0.717, 1.165) is 17.7 Å². The minimum absolute atomic E-state index is 0.0442. The van der Waals surface area contributed by atoms with Crippen LogP contribution in [0.1, 0.15) is 29.8 Å². The van der Waals surface area contributed by atoms with Crippen LogP contribution in [0.15, 0.2) is 18.2 Å². The number of amides is 1. The van der Waals surface area contributed by atoms with Gasteiger partial charge in [0.25, 0.3) is 5.91 Å². The Kier molecular flexibility index (Phi) is 3.87. The Morgan fingerprint density at radius 2 is 2.28 bits per heavy atom. The molecule has 4 heteroatoms. The first-order valence-electron chi connectivity index (χ1n) is 6.29. The number of rotatable bonds is 4. The molecule has 0 unspecified atom stereocenters. The van der Waals surface area contributed by atoms with Crippen molar-refractivity contribution in [1.29, 1.82) is 0 Å². The summed E-state index contributed by atoms with van der Waals surface area (Å²) in [7, 11) is 0. The maximum absolute atomic E-state index is 12.1. The Balaban J connectivity index is 2.09. The molecule has 98 valence electrons. The number of aliphatic hydroxyl groups is 1. The fourth-order valence-electron chi connectivity index (χ4n) is 2.00. The summed E-state index contributed by atoms with van der Waals surface area (Å²) in [5, 5.41) is 12.1. The summed E-state index contributed by atoms with van der Waals surface area (Å²) in [4.78, 5) is 12.1. The second-order valence-electron chi connectivity index (χ2n) is 4.93. The van der Waals surface area contributed by atoms with E-state index in [4.69, 9.17) is 4.74 Å². The van der Waals surface area contributed by atoms with Crippen molar-refractivity contribution in [1.82, 2.24) is 5.32 Å². The van der Waals surface area contributed by atoms with E-state index in [2.05, 4.69) is 5.32 Å². The molecule has 0 spiro atoms. The van der Waals surface area contributed by atoms with Crippen molar-refractivity contribution < 1.29 is 14.6 Å². The summed E-state index contributed by atoms with van der Waals surface area (Å²) < 4.78 is 5.40. The highest BCUT2D eigenvalue weighted by Gasteiger charge is 2.18. The Morgan fingerprint density at radius 1 is 1.50 bits per heavy atom. The molecule has 1 aromatic rings. The highest BCUT2D eigenvalue weighted by molar-refractivity contribution is 5.94. The van der Waals surface area contributed by atoms with Crippen molar-refractivity contribution in [2.45, 2.75) is 26.3 Å². The summed E-state index contributed by atoms with van der Waals surface area (Å²) in [6.07, 6.45) is 0.851. The van der Waals surface area contributed by atoms with Crippen molar-refractivity contribution in [3.05, 3.63) is 29.3 Å². The molecular weight excluding hydrogens is 230 g/mol. The summed E-state index contributed by atoms with van der Waals surface area (Å²) in [5.74, 6) is 0.934. The zero-order valence-electron chi connectivity index (χ0n) is 10.8. The fraction of sp³-hybridized carbons (Fsp3) is 0.500. The average molecular weight is 249 g/mol. The molecule has 0 saturated heterocycles. The molecule has 2 rings (SSSR count). The van der Waals surface area contributed by atoms with Crippen LogP contribution in [0.3, 0.4) is 0 Å². The van der Waals surface area contributed by atoms with Gasteiger partial charge in [-0.15, -0.1) is 0 Å². The second kappa shape index (κ2) is 5.40. The highest BCUT2D eigenvalue weighted by atomic mass is 16.5. The van der Waals surface area contributed by atoms with Crippen molar-refractivity contribution >= 4 is 5.91 Å². The van der Waals surface area contributed by atoms with Gasteiger partial charge in [-0.05, 0) is 29.7 Å². The number of hydrogen-bond donors (Lipinski definition) is 2. The zero-order chi connectivity index (χ0) is 13.1. The normalized spacial score (nSPS) is 15.1. The van der Waals surface area contributed by atoms with Gasteiger partial charge in [-0.2, -0.15) is 0 Å². The van der Waals surface area contributed by atoms with Crippen LogP contribution < -0.4 is 10.1 Å². The van der Waals surface area contributed by atoms with Crippen LogP contribution in [0, 0.1) is 5.92 Å². The Bertz CT molecular complexity index is 443. The average Bonchev–Trinajstić information content (AvgIpc) is 2.82. The number of ether oxygens (including phenoxy) is 1. The standard InChI is InChI=1S/C14H19NO3/c1-9(2)12(8-16)15-14(17)11-3-4-13-10(7-11)5-6-18-13/h3-4,7,9,12,16H,5-6,8H2,1-2H3,(H,15,17)/t12-/m1/s1. The molecule has 1 aromatic carbocycles. The summed E-state index contributed by atoms with van der Waals surface area (Å²) in [6.45, 7) is 4.58. The lowest BCUT2D eigenvalue weighted by atomic mass is 10.0. The van der Waals surface area contributed by atoms with Crippen LogP contribution in [0.4, 0.5) is 0 Å². The SMILES string of the molecule is CC(C)[C@@H](CO)NC(=O)c1ccc2c(c1)CCO2. The van der Waals surface area contributed by atoms with Crippen LogP contribution in [0.2, 0.25) is 0 Å². The van der Waals surface area contributed by atoms with E-state index in [1.807, 2.05) is 26.0 Å². The highest BCUT2D eigenvalue weighted by Crippen LogP contribution is 2.25. The Hall–Kier alpha value is -1.55. The third-order valence-electron chi connectivity index (χ3n) is 3.27. The molecule has 0 radical (unpaired) electrons. The van der Waals surface area contributed by atoms with E-state index in [9.17, 15) is 9.90 Å². The van der Waals surface area contributed by atoms with Crippen LogP contribution in [-0.4, -0.2) is 30.3 Å². The van der Waals surface area contributed by atoms with Crippen LogP contribution >= 0.6 is 0 Å². The van der Waals surface area contributed by atoms with E-state index in [1.165, 1.54) is 0 Å². The van der Waals surface area contributed by atoms with E-state index >= 15 is 0 Å². The summed E-state index contributed by atoms with van der Waals surface area (Å²) in [5.41, 5.74) is 1.70. The lowest BCUT2D eigenvalue weighted by molar-refractivity contribution is 0.0897. The number of aliphatic hydroxyl groups excluding tert-OH is 1. The van der Waals surface area contributed by atoms with Gasteiger partial charge in [0.2, 0.25) is 0 Å². The van der Waals surface area contributed by atoms with Crippen LogP contribution in [-0.2, 0) is 6.42 Å². The van der Waals surface area contributed by atoms with Crippen molar-refractivity contribution in [3.63, 3.8) is 0 Å². The number of nitrogens with one attached hydrogen (secondary N) is 1. The first kappa shape index (κ1) is 12.9. The molecule has 2 N–H and O–H groups in total. The van der Waals surface area contributed by atoms with Crippen molar-refractivity contribution in [2.24, 2.45) is 5.92 Å². The Labute approximate surface area is 107 Å². The van der Waals surface area contributed by atoms with Gasteiger partial charge in [0.15, 0.2) is 0 Å². The third kappa shape index (κ3) is 2.64. The number of carbonyl (C=O) groups excluding carboxylic acids is 1. The molecular formula is C14H19NO3. The van der Waals surface area contributed by atoms with Gasteiger partial charge >= 0.3 is 0 Å². The molecule has 0 aromatic heterocycles. The molecule has 4 nitrogen and oxygen atoms in total. The first-order valence-corrected chi connectivity index (χ1v) is 6.29. The van der Waals surface area contributed by atoms with Gasteiger partial charge in [0, 0.05) is 12.0 Å². The minimum atomic E-state index is -0.206. The molecule has 1 aliphatic heterocycles. The van der Waals surface area contributed by atoms with Gasteiger partial charge in [0.1, 0.15) is 5.75 Å². The second-order valence-corrected chi connectivity index (χ2v) is 4.93. The maximum Gasteiger partial charge on any atom is 0.251 e. The lowest BCUT2D eigenvalue weighted by Gasteiger charge is -2.20. The van der Waals surface area contributed by atoms with Crippen LogP contribution in [0.5, 0.6) is 5.75 Å². The quantitative estimate of drug-likeness (QED) is 0.847. The Morgan fingerprint density at radius 3 is 2.94 bits per heavy atom. The topological polar surface area (TPSA) is 58.6 Å². The predicted molar refractivity (Wildman–Crippen MR) is 68.8 cm³/mol. The fourth-order valence-corrected chi connectivity index (χ4v) is 2.00. The molecule has 18 heavy (non-hydrogen) atoms. The smallest absolute Gasteiger partial charge is 0.251 e. The first-order chi connectivity index (χ1) is 8.61. The zero-order valence-corrected chi connectivity index (χ0v) is 10.8. The van der Waals surface area contributed by atoms with Crippen LogP contribution in [0.25, 0.3) is 0 Å². The third-order valence-corrected chi connectivity index (χ3v) is 3.27. The molecule has 0 saturated carbocycles. The molecule has 1 heterocycles. The lowest BCUT2D eigenvalue weighted by Crippen LogP contribution is -2.41. The van der Waals surface area contributed by atoms with Gasteiger partial charge in [-0.1, -0.05) is 13.8 Å². The monoisotopic (exact) mass is 249 g/mol.